The van der Waals surface area contributed by atoms with Gasteiger partial charge in [0.25, 0.3) is 5.91 Å². The van der Waals surface area contributed by atoms with E-state index in [1.807, 2.05) is 6.92 Å². The molecule has 1 heterocycles. The third-order valence-electron chi connectivity index (χ3n) is 2.54. The van der Waals surface area contributed by atoms with E-state index in [4.69, 9.17) is 23.2 Å². The molecule has 2 rings (SSSR count). The van der Waals surface area contributed by atoms with E-state index in [-0.39, 0.29) is 11.9 Å². The zero-order chi connectivity index (χ0) is 13.1. The molecule has 4 nitrogen and oxygen atoms in total. The smallest absolute Gasteiger partial charge is 0.253 e. The summed E-state index contributed by atoms with van der Waals surface area (Å²) in [7, 11) is 0. The Morgan fingerprint density at radius 3 is 2.83 bits per heavy atom. The summed E-state index contributed by atoms with van der Waals surface area (Å²) in [6.45, 7) is 1.87. The number of carbonyl (C=O) groups is 1. The lowest BCUT2D eigenvalue weighted by atomic mass is 10.1. The first-order chi connectivity index (χ1) is 8.58. The molecule has 1 unspecified atom stereocenters. The van der Waals surface area contributed by atoms with Crippen molar-refractivity contribution in [1.82, 2.24) is 15.5 Å². The molecular formula is C12H11Cl2N3O. The lowest BCUT2D eigenvalue weighted by Gasteiger charge is -2.12. The van der Waals surface area contributed by atoms with Crippen molar-refractivity contribution in [3.05, 3.63) is 51.8 Å². The van der Waals surface area contributed by atoms with E-state index < -0.39 is 0 Å². The highest BCUT2D eigenvalue weighted by Crippen LogP contribution is 2.21. The molecule has 2 aromatic rings. The zero-order valence-corrected chi connectivity index (χ0v) is 11.1. The lowest BCUT2D eigenvalue weighted by molar-refractivity contribution is 0.0940. The number of aromatic nitrogens is 2. The Morgan fingerprint density at radius 2 is 2.22 bits per heavy atom. The molecule has 0 fully saturated rings. The molecule has 1 amide bonds. The van der Waals surface area contributed by atoms with Crippen molar-refractivity contribution in [1.29, 1.82) is 0 Å². The molecule has 0 bridgehead atoms. The van der Waals surface area contributed by atoms with Gasteiger partial charge < -0.3 is 5.32 Å². The van der Waals surface area contributed by atoms with Gasteiger partial charge in [0.15, 0.2) is 0 Å². The molecule has 6 heteroatoms. The Kier molecular flexibility index (Phi) is 3.89. The highest BCUT2D eigenvalue weighted by Gasteiger charge is 2.14. The van der Waals surface area contributed by atoms with E-state index in [9.17, 15) is 4.79 Å². The number of halogens is 2. The minimum Gasteiger partial charge on any atom is -0.345 e. The van der Waals surface area contributed by atoms with Crippen molar-refractivity contribution >= 4 is 29.1 Å². The molecular weight excluding hydrogens is 273 g/mol. The molecule has 1 aromatic carbocycles. The molecule has 0 saturated carbocycles. The number of aromatic amines is 1. The first kappa shape index (κ1) is 12.9. The second-order valence-corrected chi connectivity index (χ2v) is 4.69. The van der Waals surface area contributed by atoms with E-state index in [2.05, 4.69) is 15.5 Å². The molecule has 0 spiro atoms. The monoisotopic (exact) mass is 283 g/mol. The van der Waals surface area contributed by atoms with Gasteiger partial charge in [-0.2, -0.15) is 5.10 Å². The maximum atomic E-state index is 12.0. The van der Waals surface area contributed by atoms with E-state index in [0.29, 0.717) is 15.6 Å². The summed E-state index contributed by atoms with van der Waals surface area (Å²) in [5.41, 5.74) is 1.30. The molecule has 1 atom stereocenters. The van der Waals surface area contributed by atoms with Gasteiger partial charge in [0.1, 0.15) is 0 Å². The van der Waals surface area contributed by atoms with Crippen LogP contribution in [-0.4, -0.2) is 16.1 Å². The maximum absolute atomic E-state index is 12.0. The molecule has 18 heavy (non-hydrogen) atoms. The fourth-order valence-electron chi connectivity index (χ4n) is 1.53. The summed E-state index contributed by atoms with van der Waals surface area (Å²) in [4.78, 5) is 12.0. The quantitative estimate of drug-likeness (QED) is 0.909. The Morgan fingerprint density at radius 1 is 1.44 bits per heavy atom. The third-order valence-corrected chi connectivity index (χ3v) is 3.09. The first-order valence-corrected chi connectivity index (χ1v) is 6.08. The number of hydrogen-bond donors (Lipinski definition) is 2. The molecule has 2 N–H and O–H groups in total. The molecule has 0 saturated heterocycles. The Labute approximate surface area is 114 Å². The third kappa shape index (κ3) is 2.83. The van der Waals surface area contributed by atoms with Crippen LogP contribution in [0, 0.1) is 0 Å². The summed E-state index contributed by atoms with van der Waals surface area (Å²) in [6, 6.07) is 4.62. The number of rotatable bonds is 3. The summed E-state index contributed by atoms with van der Waals surface area (Å²) in [5, 5.41) is 10.2. The van der Waals surface area contributed by atoms with Crippen molar-refractivity contribution < 1.29 is 4.79 Å². The topological polar surface area (TPSA) is 57.8 Å². The van der Waals surface area contributed by atoms with Crippen LogP contribution in [0.4, 0.5) is 0 Å². The summed E-state index contributed by atoms with van der Waals surface area (Å²) >= 11 is 11.7. The Bertz CT molecular complexity index is 554. The van der Waals surface area contributed by atoms with Gasteiger partial charge in [0.05, 0.1) is 22.8 Å². The second kappa shape index (κ2) is 5.42. The van der Waals surface area contributed by atoms with Crippen LogP contribution in [0.3, 0.4) is 0 Å². The van der Waals surface area contributed by atoms with Crippen LogP contribution in [0.1, 0.15) is 28.9 Å². The number of amides is 1. The predicted molar refractivity (Wildman–Crippen MR) is 70.9 cm³/mol. The number of nitrogens with one attached hydrogen (secondary N) is 2. The summed E-state index contributed by atoms with van der Waals surface area (Å²) in [5.74, 6) is -0.245. The van der Waals surface area contributed by atoms with E-state index >= 15 is 0 Å². The van der Waals surface area contributed by atoms with Crippen LogP contribution in [0.2, 0.25) is 10.0 Å². The van der Waals surface area contributed by atoms with Crippen molar-refractivity contribution in [3.8, 4) is 0 Å². The van der Waals surface area contributed by atoms with E-state index in [1.165, 1.54) is 0 Å². The Hall–Kier alpha value is -1.52. The Balaban J connectivity index is 2.12. The molecule has 0 radical (unpaired) electrons. The van der Waals surface area contributed by atoms with Crippen molar-refractivity contribution in [3.63, 3.8) is 0 Å². The highest BCUT2D eigenvalue weighted by atomic mass is 35.5. The van der Waals surface area contributed by atoms with Crippen LogP contribution in [0.25, 0.3) is 0 Å². The normalized spacial score (nSPS) is 12.2. The number of carbonyl (C=O) groups excluding carboxylic acids is 1. The standard InChI is InChI=1S/C12H11Cl2N3O/c1-7(8-5-15-16-6-8)17-12(18)10-3-2-9(13)4-11(10)14/h2-7H,1H3,(H,15,16)(H,17,18). The van der Waals surface area contributed by atoms with Crippen molar-refractivity contribution in [2.45, 2.75) is 13.0 Å². The number of nitrogens with zero attached hydrogens (tertiary/aromatic N) is 1. The van der Waals surface area contributed by atoms with Gasteiger partial charge in [-0.25, -0.2) is 0 Å². The molecule has 1 aromatic heterocycles. The SMILES string of the molecule is CC(NC(=O)c1ccc(Cl)cc1Cl)c1cn[nH]c1. The maximum Gasteiger partial charge on any atom is 0.253 e. The van der Waals surface area contributed by atoms with Gasteiger partial charge in [0.2, 0.25) is 0 Å². The molecule has 0 aliphatic heterocycles. The zero-order valence-electron chi connectivity index (χ0n) is 9.58. The fraction of sp³-hybridized carbons (Fsp3) is 0.167. The van der Waals surface area contributed by atoms with Gasteiger partial charge in [-0.15, -0.1) is 0 Å². The van der Waals surface area contributed by atoms with Gasteiger partial charge >= 0.3 is 0 Å². The average molecular weight is 284 g/mol. The second-order valence-electron chi connectivity index (χ2n) is 3.85. The largest absolute Gasteiger partial charge is 0.345 e. The van der Waals surface area contributed by atoms with Crippen LogP contribution in [0.5, 0.6) is 0 Å². The van der Waals surface area contributed by atoms with Gasteiger partial charge in [-0.05, 0) is 25.1 Å². The average Bonchev–Trinajstić information content (AvgIpc) is 2.81. The first-order valence-electron chi connectivity index (χ1n) is 5.32. The number of hydrogen-bond acceptors (Lipinski definition) is 2. The number of H-pyrrole nitrogens is 1. The van der Waals surface area contributed by atoms with Crippen LogP contribution < -0.4 is 5.32 Å². The highest BCUT2D eigenvalue weighted by molar-refractivity contribution is 6.36. The molecule has 0 aliphatic rings. The predicted octanol–water partition coefficient (Wildman–Crippen LogP) is 3.21. The van der Waals surface area contributed by atoms with Gasteiger partial charge in [-0.1, -0.05) is 23.2 Å². The molecule has 94 valence electrons. The van der Waals surface area contributed by atoms with E-state index in [1.54, 1.807) is 30.6 Å². The summed E-state index contributed by atoms with van der Waals surface area (Å²) in [6.07, 6.45) is 3.39. The van der Waals surface area contributed by atoms with Gasteiger partial charge in [-0.3, -0.25) is 9.89 Å². The lowest BCUT2D eigenvalue weighted by Crippen LogP contribution is -2.26. The van der Waals surface area contributed by atoms with Crippen LogP contribution in [-0.2, 0) is 0 Å². The van der Waals surface area contributed by atoms with Gasteiger partial charge in [0, 0.05) is 16.8 Å². The van der Waals surface area contributed by atoms with Crippen LogP contribution in [0.15, 0.2) is 30.6 Å². The summed E-state index contributed by atoms with van der Waals surface area (Å²) < 4.78 is 0. The van der Waals surface area contributed by atoms with Crippen molar-refractivity contribution in [2.24, 2.45) is 0 Å². The minimum atomic E-state index is -0.245. The number of benzene rings is 1. The minimum absolute atomic E-state index is 0.150. The fourth-order valence-corrected chi connectivity index (χ4v) is 2.02. The van der Waals surface area contributed by atoms with Crippen molar-refractivity contribution in [2.75, 3.05) is 0 Å². The van der Waals surface area contributed by atoms with E-state index in [0.717, 1.165) is 5.56 Å². The molecule has 0 aliphatic carbocycles. The van der Waals surface area contributed by atoms with Crippen LogP contribution >= 0.6 is 23.2 Å².